The van der Waals surface area contributed by atoms with E-state index in [1.807, 2.05) is 19.1 Å². The summed E-state index contributed by atoms with van der Waals surface area (Å²) in [4.78, 5) is 11.8. The van der Waals surface area contributed by atoms with Crippen molar-refractivity contribution in [3.63, 3.8) is 0 Å². The smallest absolute Gasteiger partial charge is 0.177 e. The number of pyridine rings is 1. The minimum atomic E-state index is 0.271. The van der Waals surface area contributed by atoms with Gasteiger partial charge in [0.1, 0.15) is 5.82 Å². The number of nitrogens with two attached hydrogens (primary N) is 1. The lowest BCUT2D eigenvalue weighted by Crippen LogP contribution is -2.14. The summed E-state index contributed by atoms with van der Waals surface area (Å²) in [7, 11) is 0. The third-order valence-corrected chi connectivity index (χ3v) is 2.38. The number of fused-ring (bicyclic) bond motifs is 1. The van der Waals surface area contributed by atoms with Crippen molar-refractivity contribution in [3.8, 4) is 0 Å². The topological polar surface area (TPSA) is 67.6 Å². The fourth-order valence-electron chi connectivity index (χ4n) is 1.60. The van der Waals surface area contributed by atoms with Crippen molar-refractivity contribution < 1.29 is 0 Å². The number of aromatic amines is 1. The van der Waals surface area contributed by atoms with Gasteiger partial charge in [-0.25, -0.2) is 9.97 Å². The van der Waals surface area contributed by atoms with Gasteiger partial charge in [-0.1, -0.05) is 0 Å². The molecular weight excluding hydrogens is 188 g/mol. The van der Waals surface area contributed by atoms with Crippen LogP contribution in [-0.4, -0.2) is 21.0 Å². The summed E-state index contributed by atoms with van der Waals surface area (Å²) in [5.41, 5.74) is 7.50. The predicted octanol–water partition coefficient (Wildman–Crippen LogP) is 1.63. The number of H-pyrrole nitrogens is 1. The van der Waals surface area contributed by atoms with Gasteiger partial charge in [0.15, 0.2) is 5.65 Å². The highest BCUT2D eigenvalue weighted by atomic mass is 15.0. The van der Waals surface area contributed by atoms with E-state index in [1.165, 1.54) is 0 Å². The summed E-state index contributed by atoms with van der Waals surface area (Å²) in [5, 5.41) is 0. The van der Waals surface area contributed by atoms with Gasteiger partial charge < -0.3 is 10.7 Å². The molecule has 0 aliphatic carbocycles. The molecule has 1 unspecified atom stereocenters. The lowest BCUT2D eigenvalue weighted by molar-refractivity contribution is 0.616. The molecular formula is C11H16N4. The molecule has 4 heteroatoms. The maximum Gasteiger partial charge on any atom is 0.177 e. The van der Waals surface area contributed by atoms with Crippen LogP contribution in [-0.2, 0) is 6.42 Å². The normalized spacial score (nSPS) is 13.2. The van der Waals surface area contributed by atoms with Crippen molar-refractivity contribution in [2.75, 3.05) is 0 Å². The molecule has 0 aliphatic heterocycles. The van der Waals surface area contributed by atoms with E-state index in [9.17, 15) is 0 Å². The van der Waals surface area contributed by atoms with E-state index in [4.69, 9.17) is 5.73 Å². The number of aromatic nitrogens is 3. The maximum absolute atomic E-state index is 5.69. The van der Waals surface area contributed by atoms with E-state index < -0.39 is 0 Å². The Labute approximate surface area is 88.9 Å². The maximum atomic E-state index is 5.69. The summed E-state index contributed by atoms with van der Waals surface area (Å²) < 4.78 is 0. The molecule has 0 aromatic carbocycles. The number of hydrogen-bond donors (Lipinski definition) is 2. The van der Waals surface area contributed by atoms with Crippen LogP contribution in [0.25, 0.3) is 11.2 Å². The van der Waals surface area contributed by atoms with Crippen molar-refractivity contribution in [3.05, 3.63) is 24.2 Å². The summed E-state index contributed by atoms with van der Waals surface area (Å²) >= 11 is 0. The summed E-state index contributed by atoms with van der Waals surface area (Å²) in [5.74, 6) is 1.00. The van der Waals surface area contributed by atoms with E-state index >= 15 is 0 Å². The van der Waals surface area contributed by atoms with Crippen molar-refractivity contribution in [2.24, 2.45) is 5.73 Å². The zero-order valence-electron chi connectivity index (χ0n) is 8.90. The number of rotatable bonds is 4. The van der Waals surface area contributed by atoms with Crippen LogP contribution >= 0.6 is 0 Å². The highest BCUT2D eigenvalue weighted by Gasteiger charge is 2.03. The zero-order chi connectivity index (χ0) is 10.7. The highest BCUT2D eigenvalue weighted by Crippen LogP contribution is 2.09. The van der Waals surface area contributed by atoms with Crippen LogP contribution in [0.2, 0.25) is 0 Å². The Morgan fingerprint density at radius 1 is 1.53 bits per heavy atom. The Morgan fingerprint density at radius 3 is 3.13 bits per heavy atom. The first kappa shape index (κ1) is 10.1. The number of nitrogens with zero attached hydrogens (tertiary/aromatic N) is 2. The van der Waals surface area contributed by atoms with Gasteiger partial charge in [-0.2, -0.15) is 0 Å². The lowest BCUT2D eigenvalue weighted by atomic mass is 10.1. The van der Waals surface area contributed by atoms with Crippen LogP contribution < -0.4 is 5.73 Å². The Balaban J connectivity index is 2.03. The number of aryl methyl sites for hydroxylation is 1. The van der Waals surface area contributed by atoms with Gasteiger partial charge in [-0.15, -0.1) is 0 Å². The molecule has 0 spiro atoms. The van der Waals surface area contributed by atoms with Crippen LogP contribution in [0.4, 0.5) is 0 Å². The first-order valence-corrected chi connectivity index (χ1v) is 5.31. The van der Waals surface area contributed by atoms with Gasteiger partial charge in [-0.05, 0) is 31.9 Å². The molecule has 0 saturated heterocycles. The summed E-state index contributed by atoms with van der Waals surface area (Å²) in [6.45, 7) is 2.03. The molecule has 0 radical (unpaired) electrons. The van der Waals surface area contributed by atoms with E-state index in [-0.39, 0.29) is 6.04 Å². The summed E-state index contributed by atoms with van der Waals surface area (Å²) in [6.07, 6.45) is 4.80. The van der Waals surface area contributed by atoms with E-state index in [0.717, 1.165) is 36.3 Å². The van der Waals surface area contributed by atoms with E-state index in [2.05, 4.69) is 15.0 Å². The second kappa shape index (κ2) is 4.40. The quantitative estimate of drug-likeness (QED) is 0.795. The van der Waals surface area contributed by atoms with Gasteiger partial charge in [-0.3, -0.25) is 0 Å². The van der Waals surface area contributed by atoms with Crippen LogP contribution in [0.5, 0.6) is 0 Å². The number of nitrogens with one attached hydrogen (secondary N) is 1. The SMILES string of the molecule is CC(N)CCCc1nc2ncccc2[nH]1. The molecule has 0 saturated carbocycles. The number of imidazole rings is 1. The fraction of sp³-hybridized carbons (Fsp3) is 0.455. The van der Waals surface area contributed by atoms with Crippen LogP contribution in [0.3, 0.4) is 0 Å². The molecule has 4 nitrogen and oxygen atoms in total. The Hall–Kier alpha value is -1.42. The van der Waals surface area contributed by atoms with Crippen LogP contribution in [0, 0.1) is 0 Å². The van der Waals surface area contributed by atoms with E-state index in [0.29, 0.717) is 0 Å². The summed E-state index contributed by atoms with van der Waals surface area (Å²) in [6, 6.07) is 4.17. The molecule has 0 amide bonds. The van der Waals surface area contributed by atoms with Gasteiger partial charge >= 0.3 is 0 Å². The van der Waals surface area contributed by atoms with Gasteiger partial charge in [0.25, 0.3) is 0 Å². The Morgan fingerprint density at radius 2 is 2.40 bits per heavy atom. The second-order valence-corrected chi connectivity index (χ2v) is 3.93. The van der Waals surface area contributed by atoms with Crippen LogP contribution in [0.1, 0.15) is 25.6 Å². The average Bonchev–Trinajstić information content (AvgIpc) is 2.59. The molecule has 80 valence electrons. The monoisotopic (exact) mass is 204 g/mol. The lowest BCUT2D eigenvalue weighted by Gasteiger charge is -2.01. The first-order chi connectivity index (χ1) is 7.25. The van der Waals surface area contributed by atoms with Gasteiger partial charge in [0, 0.05) is 18.7 Å². The largest absolute Gasteiger partial charge is 0.341 e. The van der Waals surface area contributed by atoms with Crippen LogP contribution in [0.15, 0.2) is 18.3 Å². The van der Waals surface area contributed by atoms with Crippen molar-refractivity contribution in [1.29, 1.82) is 0 Å². The third-order valence-electron chi connectivity index (χ3n) is 2.38. The zero-order valence-corrected chi connectivity index (χ0v) is 8.90. The first-order valence-electron chi connectivity index (χ1n) is 5.31. The van der Waals surface area contributed by atoms with Crippen molar-refractivity contribution >= 4 is 11.2 Å². The predicted molar refractivity (Wildman–Crippen MR) is 60.5 cm³/mol. The molecule has 1 atom stereocenters. The number of hydrogen-bond acceptors (Lipinski definition) is 3. The highest BCUT2D eigenvalue weighted by molar-refractivity contribution is 5.69. The minimum Gasteiger partial charge on any atom is -0.341 e. The molecule has 15 heavy (non-hydrogen) atoms. The molecule has 0 bridgehead atoms. The van der Waals surface area contributed by atoms with Gasteiger partial charge in [0.05, 0.1) is 5.52 Å². The Bertz CT molecular complexity index is 400. The molecule has 2 heterocycles. The molecule has 2 aromatic heterocycles. The van der Waals surface area contributed by atoms with Crippen molar-refractivity contribution in [1.82, 2.24) is 15.0 Å². The fourth-order valence-corrected chi connectivity index (χ4v) is 1.60. The van der Waals surface area contributed by atoms with E-state index in [1.54, 1.807) is 6.20 Å². The van der Waals surface area contributed by atoms with Crippen molar-refractivity contribution in [2.45, 2.75) is 32.2 Å². The Kier molecular flexibility index (Phi) is 2.97. The molecule has 0 fully saturated rings. The molecule has 3 N–H and O–H groups in total. The van der Waals surface area contributed by atoms with Gasteiger partial charge in [0.2, 0.25) is 0 Å². The standard InChI is InChI=1S/C11H16N4/c1-8(12)4-2-6-10-14-9-5-3-7-13-11(9)15-10/h3,5,7-8H,2,4,6,12H2,1H3,(H,13,14,15). The third kappa shape index (κ3) is 2.53. The molecule has 0 aliphatic rings. The molecule has 2 rings (SSSR count). The molecule has 2 aromatic rings. The average molecular weight is 204 g/mol. The minimum absolute atomic E-state index is 0.271. The second-order valence-electron chi connectivity index (χ2n) is 3.93.